The molecule has 1 heterocycles. The zero-order valence-corrected chi connectivity index (χ0v) is 12.1. The quantitative estimate of drug-likeness (QED) is 0.626. The highest BCUT2D eigenvalue weighted by molar-refractivity contribution is 5.73. The van der Waals surface area contributed by atoms with Crippen molar-refractivity contribution in [3.05, 3.63) is 46.0 Å². The number of hydrogen-bond acceptors (Lipinski definition) is 4. The molecule has 21 heavy (non-hydrogen) atoms. The normalized spacial score (nSPS) is 16.3. The molecule has 2 rings (SSSR count). The number of nitro benzene ring substituents is 1. The molecule has 1 saturated heterocycles. The van der Waals surface area contributed by atoms with Gasteiger partial charge in [-0.25, -0.2) is 0 Å². The minimum absolute atomic E-state index is 0.116. The monoisotopic (exact) mass is 289 g/mol. The van der Waals surface area contributed by atoms with E-state index < -0.39 is 0 Å². The van der Waals surface area contributed by atoms with Crippen LogP contribution in [0.4, 0.5) is 5.69 Å². The minimum Gasteiger partial charge on any atom is -0.340 e. The Labute approximate surface area is 123 Å². The van der Waals surface area contributed by atoms with Crippen molar-refractivity contribution in [1.82, 2.24) is 9.80 Å². The molecular weight excluding hydrogens is 270 g/mol. The zero-order chi connectivity index (χ0) is 15.2. The standard InChI is InChI=1S/C15H19N3O3/c1-13(19)17-11-9-16(10-12-17)8-4-6-14-5-2-3-7-15(14)18(20)21/h2-7H,8-12H2,1H3. The molecule has 0 radical (unpaired) electrons. The van der Waals surface area contributed by atoms with Crippen LogP contribution in [0.2, 0.25) is 0 Å². The van der Waals surface area contributed by atoms with Crippen molar-refractivity contribution in [2.45, 2.75) is 6.92 Å². The Morgan fingerprint density at radius 2 is 1.95 bits per heavy atom. The van der Waals surface area contributed by atoms with Gasteiger partial charge in [0.2, 0.25) is 5.91 Å². The maximum absolute atomic E-state index is 11.2. The van der Waals surface area contributed by atoms with E-state index in [9.17, 15) is 14.9 Å². The maximum Gasteiger partial charge on any atom is 0.276 e. The molecule has 6 heteroatoms. The summed E-state index contributed by atoms with van der Waals surface area (Å²) >= 11 is 0. The fourth-order valence-electron chi connectivity index (χ4n) is 2.37. The number of carbonyl (C=O) groups excluding carboxylic acids is 1. The highest BCUT2D eigenvalue weighted by Crippen LogP contribution is 2.18. The van der Waals surface area contributed by atoms with Crippen molar-refractivity contribution in [1.29, 1.82) is 0 Å². The second-order valence-corrected chi connectivity index (χ2v) is 5.02. The number of rotatable bonds is 4. The minimum atomic E-state index is -0.370. The third-order valence-corrected chi connectivity index (χ3v) is 3.61. The van der Waals surface area contributed by atoms with Gasteiger partial charge in [-0.1, -0.05) is 24.3 Å². The van der Waals surface area contributed by atoms with Crippen LogP contribution in [0.1, 0.15) is 12.5 Å². The number of benzene rings is 1. The molecule has 0 N–H and O–H groups in total. The summed E-state index contributed by atoms with van der Waals surface area (Å²) in [4.78, 5) is 25.8. The van der Waals surface area contributed by atoms with Crippen LogP contribution in [0, 0.1) is 10.1 Å². The molecule has 1 fully saturated rings. The van der Waals surface area contributed by atoms with Crippen LogP contribution < -0.4 is 0 Å². The van der Waals surface area contributed by atoms with Crippen LogP contribution >= 0.6 is 0 Å². The van der Waals surface area contributed by atoms with E-state index in [1.165, 1.54) is 6.07 Å². The molecule has 0 atom stereocenters. The fraction of sp³-hybridized carbons (Fsp3) is 0.400. The zero-order valence-electron chi connectivity index (χ0n) is 12.1. The molecule has 0 spiro atoms. The number of nitro groups is 1. The van der Waals surface area contributed by atoms with Crippen LogP contribution in [0.5, 0.6) is 0 Å². The van der Waals surface area contributed by atoms with E-state index in [1.807, 2.05) is 11.0 Å². The van der Waals surface area contributed by atoms with Crippen molar-refractivity contribution in [3.63, 3.8) is 0 Å². The molecule has 0 saturated carbocycles. The average Bonchev–Trinajstić information content (AvgIpc) is 2.48. The Balaban J connectivity index is 1.89. The summed E-state index contributed by atoms with van der Waals surface area (Å²) in [5.41, 5.74) is 0.736. The van der Waals surface area contributed by atoms with Gasteiger partial charge in [0.1, 0.15) is 0 Å². The molecule has 1 aliphatic heterocycles. The number of carbonyl (C=O) groups is 1. The first-order valence-corrected chi connectivity index (χ1v) is 6.96. The van der Waals surface area contributed by atoms with Crippen LogP contribution in [0.3, 0.4) is 0 Å². The molecular formula is C15H19N3O3. The molecule has 1 aromatic rings. The summed E-state index contributed by atoms with van der Waals surface area (Å²) in [6.07, 6.45) is 3.72. The molecule has 0 unspecified atom stereocenters. The molecule has 112 valence electrons. The predicted octanol–water partition coefficient (Wildman–Crippen LogP) is 1.77. The van der Waals surface area contributed by atoms with Gasteiger partial charge in [0.05, 0.1) is 10.5 Å². The summed E-state index contributed by atoms with van der Waals surface area (Å²) in [7, 11) is 0. The highest BCUT2D eigenvalue weighted by atomic mass is 16.6. The fourth-order valence-corrected chi connectivity index (χ4v) is 2.37. The molecule has 0 aromatic heterocycles. The van der Waals surface area contributed by atoms with E-state index in [0.29, 0.717) is 5.56 Å². The van der Waals surface area contributed by atoms with Crippen molar-refractivity contribution >= 4 is 17.7 Å². The van der Waals surface area contributed by atoms with Gasteiger partial charge in [-0.3, -0.25) is 19.8 Å². The molecule has 1 aromatic carbocycles. The van der Waals surface area contributed by atoms with Gasteiger partial charge < -0.3 is 4.90 Å². The number of para-hydroxylation sites is 1. The Bertz CT molecular complexity index is 549. The molecule has 1 aliphatic rings. The summed E-state index contributed by atoms with van der Waals surface area (Å²) in [6.45, 7) is 5.48. The van der Waals surface area contributed by atoms with Crippen LogP contribution in [-0.4, -0.2) is 53.4 Å². The Morgan fingerprint density at radius 3 is 2.57 bits per heavy atom. The average molecular weight is 289 g/mol. The van der Waals surface area contributed by atoms with E-state index in [2.05, 4.69) is 4.90 Å². The first kappa shape index (κ1) is 15.2. The molecule has 1 amide bonds. The lowest BCUT2D eigenvalue weighted by Crippen LogP contribution is -2.47. The Hall–Kier alpha value is -2.21. The van der Waals surface area contributed by atoms with Crippen molar-refractivity contribution in [2.75, 3.05) is 32.7 Å². The topological polar surface area (TPSA) is 66.7 Å². The maximum atomic E-state index is 11.2. The summed E-state index contributed by atoms with van der Waals surface area (Å²) in [5, 5.41) is 10.9. The van der Waals surface area contributed by atoms with Gasteiger partial charge >= 0.3 is 0 Å². The van der Waals surface area contributed by atoms with Crippen LogP contribution in [-0.2, 0) is 4.79 Å². The van der Waals surface area contributed by atoms with Crippen LogP contribution in [0.15, 0.2) is 30.3 Å². The van der Waals surface area contributed by atoms with Gasteiger partial charge in [-0.05, 0) is 6.07 Å². The van der Waals surface area contributed by atoms with Crippen molar-refractivity contribution in [3.8, 4) is 0 Å². The predicted molar refractivity (Wildman–Crippen MR) is 80.8 cm³/mol. The smallest absolute Gasteiger partial charge is 0.276 e. The van der Waals surface area contributed by atoms with E-state index in [1.54, 1.807) is 31.2 Å². The lowest BCUT2D eigenvalue weighted by Gasteiger charge is -2.33. The van der Waals surface area contributed by atoms with E-state index in [4.69, 9.17) is 0 Å². The summed E-state index contributed by atoms with van der Waals surface area (Å²) in [5.74, 6) is 0.116. The third kappa shape index (κ3) is 4.13. The van der Waals surface area contributed by atoms with Crippen LogP contribution in [0.25, 0.3) is 6.08 Å². The van der Waals surface area contributed by atoms with Crippen molar-refractivity contribution < 1.29 is 9.72 Å². The first-order chi connectivity index (χ1) is 10.1. The second-order valence-electron chi connectivity index (χ2n) is 5.02. The molecule has 0 bridgehead atoms. The third-order valence-electron chi connectivity index (χ3n) is 3.61. The lowest BCUT2D eigenvalue weighted by molar-refractivity contribution is -0.385. The van der Waals surface area contributed by atoms with E-state index >= 15 is 0 Å². The SMILES string of the molecule is CC(=O)N1CCN(CC=Cc2ccccc2[N+](=O)[O-])CC1. The van der Waals surface area contributed by atoms with Gasteiger partial charge in [0, 0.05) is 45.7 Å². The number of amides is 1. The van der Waals surface area contributed by atoms with Gasteiger partial charge in [-0.15, -0.1) is 0 Å². The van der Waals surface area contributed by atoms with E-state index in [0.717, 1.165) is 32.7 Å². The number of hydrogen-bond donors (Lipinski definition) is 0. The molecule has 6 nitrogen and oxygen atoms in total. The number of piperazine rings is 1. The highest BCUT2D eigenvalue weighted by Gasteiger charge is 2.17. The first-order valence-electron chi connectivity index (χ1n) is 6.96. The van der Waals surface area contributed by atoms with E-state index in [-0.39, 0.29) is 16.5 Å². The Kier molecular flexibility index (Phi) is 5.05. The summed E-state index contributed by atoms with van der Waals surface area (Å²) in [6, 6.07) is 6.70. The molecule has 0 aliphatic carbocycles. The largest absolute Gasteiger partial charge is 0.340 e. The van der Waals surface area contributed by atoms with Gasteiger partial charge in [-0.2, -0.15) is 0 Å². The summed E-state index contributed by atoms with van der Waals surface area (Å²) < 4.78 is 0. The van der Waals surface area contributed by atoms with Gasteiger partial charge in [0.15, 0.2) is 0 Å². The van der Waals surface area contributed by atoms with Gasteiger partial charge in [0.25, 0.3) is 5.69 Å². The lowest BCUT2D eigenvalue weighted by atomic mass is 10.1. The van der Waals surface area contributed by atoms with Crippen molar-refractivity contribution in [2.24, 2.45) is 0 Å². The second kappa shape index (κ2) is 6.99. The number of nitrogens with zero attached hydrogens (tertiary/aromatic N) is 3. The Morgan fingerprint density at radius 1 is 1.29 bits per heavy atom.